The normalized spacial score (nSPS) is 15.4. The molecule has 0 aliphatic carbocycles. The molecule has 3 aromatic carbocycles. The van der Waals surface area contributed by atoms with E-state index in [4.69, 9.17) is 9.47 Å². The number of rotatable bonds is 0. The number of phenols is 2. The van der Waals surface area contributed by atoms with Crippen LogP contribution in [0.2, 0.25) is 0 Å². The van der Waals surface area contributed by atoms with Gasteiger partial charge in [-0.25, -0.2) is 4.79 Å². The molecular weight excluding hydrogens is 640 g/mol. The second-order valence-corrected chi connectivity index (χ2v) is 9.81. The van der Waals surface area contributed by atoms with E-state index in [1.165, 1.54) is 0 Å². The van der Waals surface area contributed by atoms with Crippen molar-refractivity contribution in [1.29, 1.82) is 0 Å². The highest BCUT2D eigenvalue weighted by atomic mass is 79.9. The van der Waals surface area contributed by atoms with E-state index in [2.05, 4.69) is 63.7 Å². The topological polar surface area (TPSA) is 76.0 Å². The molecule has 0 radical (unpaired) electrons. The highest BCUT2D eigenvalue weighted by Crippen LogP contribution is 2.62. The van der Waals surface area contributed by atoms with Gasteiger partial charge in [-0.05, 0) is 81.9 Å². The van der Waals surface area contributed by atoms with Crippen LogP contribution in [-0.4, -0.2) is 16.2 Å². The van der Waals surface area contributed by atoms with Gasteiger partial charge in [-0.15, -0.1) is 0 Å². The molecule has 29 heavy (non-hydrogen) atoms. The summed E-state index contributed by atoms with van der Waals surface area (Å²) in [7, 11) is 0. The third kappa shape index (κ3) is 2.44. The Morgan fingerprint density at radius 1 is 0.793 bits per heavy atom. The van der Waals surface area contributed by atoms with Crippen LogP contribution in [0.4, 0.5) is 0 Å². The lowest BCUT2D eigenvalue weighted by molar-refractivity contribution is 0.0220. The fourth-order valence-corrected chi connectivity index (χ4v) is 5.21. The molecule has 2 aliphatic rings. The minimum absolute atomic E-state index is 0.0848. The molecule has 2 aliphatic heterocycles. The largest absolute Gasteiger partial charge is 0.503 e. The van der Waals surface area contributed by atoms with E-state index < -0.39 is 11.6 Å². The van der Waals surface area contributed by atoms with Gasteiger partial charge in [-0.3, -0.25) is 0 Å². The molecular formula is C20H8Br4O5. The average Bonchev–Trinajstić information content (AvgIpc) is 3.00. The van der Waals surface area contributed by atoms with E-state index in [0.29, 0.717) is 40.1 Å². The van der Waals surface area contributed by atoms with E-state index in [1.807, 2.05) is 0 Å². The maximum absolute atomic E-state index is 12.8. The maximum atomic E-state index is 12.8. The molecule has 146 valence electrons. The lowest BCUT2D eigenvalue weighted by Crippen LogP contribution is -2.33. The standard InChI is InChI=1S/C20H8Br4O5/c21-11-5-9-17(15(25)13(11)23)28-18-10(6-12(22)14(24)16(18)26)20(9)8-4-2-1-3-7(8)19(27)29-20/h1-6,25-26H. The lowest BCUT2D eigenvalue weighted by atomic mass is 9.77. The van der Waals surface area contributed by atoms with Gasteiger partial charge in [0.25, 0.3) is 0 Å². The number of esters is 1. The molecule has 0 amide bonds. The van der Waals surface area contributed by atoms with Crippen molar-refractivity contribution in [3.8, 4) is 23.0 Å². The Bertz CT molecular complexity index is 1190. The van der Waals surface area contributed by atoms with Gasteiger partial charge < -0.3 is 19.7 Å². The molecule has 0 saturated heterocycles. The molecule has 0 atom stereocenters. The Morgan fingerprint density at radius 2 is 1.31 bits per heavy atom. The number of aromatic hydroxyl groups is 2. The molecule has 3 aromatic rings. The van der Waals surface area contributed by atoms with Crippen LogP contribution >= 0.6 is 63.7 Å². The van der Waals surface area contributed by atoms with Crippen molar-refractivity contribution in [1.82, 2.24) is 0 Å². The van der Waals surface area contributed by atoms with Gasteiger partial charge in [0.1, 0.15) is 0 Å². The van der Waals surface area contributed by atoms with Crippen LogP contribution in [0.15, 0.2) is 54.3 Å². The van der Waals surface area contributed by atoms with E-state index in [-0.39, 0.29) is 23.0 Å². The zero-order valence-corrected chi connectivity index (χ0v) is 20.4. The summed E-state index contributed by atoms with van der Waals surface area (Å²) in [5.74, 6) is -0.698. The molecule has 0 saturated carbocycles. The summed E-state index contributed by atoms with van der Waals surface area (Å²) in [6.07, 6.45) is 0. The summed E-state index contributed by atoms with van der Waals surface area (Å²) in [5, 5.41) is 21.6. The van der Waals surface area contributed by atoms with Gasteiger partial charge in [0.15, 0.2) is 28.6 Å². The van der Waals surface area contributed by atoms with Gasteiger partial charge >= 0.3 is 5.97 Å². The van der Waals surface area contributed by atoms with E-state index in [1.54, 1.807) is 36.4 Å². The monoisotopic (exact) mass is 644 g/mol. The number of hydrogen-bond donors (Lipinski definition) is 2. The third-order valence-corrected chi connectivity index (χ3v) is 8.95. The Labute approximate surface area is 198 Å². The summed E-state index contributed by atoms with van der Waals surface area (Å²) in [6, 6.07) is 10.5. The van der Waals surface area contributed by atoms with Crippen molar-refractivity contribution >= 4 is 69.7 Å². The molecule has 0 unspecified atom stereocenters. The fourth-order valence-electron chi connectivity index (χ4n) is 3.79. The molecule has 5 rings (SSSR count). The van der Waals surface area contributed by atoms with Crippen LogP contribution in [-0.2, 0) is 10.3 Å². The minimum atomic E-state index is -1.40. The zero-order valence-electron chi connectivity index (χ0n) is 14.1. The zero-order chi connectivity index (χ0) is 20.7. The van der Waals surface area contributed by atoms with Crippen LogP contribution in [0.1, 0.15) is 27.0 Å². The van der Waals surface area contributed by atoms with Crippen molar-refractivity contribution in [2.24, 2.45) is 0 Å². The predicted molar refractivity (Wildman–Crippen MR) is 119 cm³/mol. The highest BCUT2D eigenvalue weighted by molar-refractivity contribution is 9.13. The Hall–Kier alpha value is -1.55. The first-order valence-electron chi connectivity index (χ1n) is 8.21. The van der Waals surface area contributed by atoms with Crippen LogP contribution in [0.25, 0.3) is 0 Å². The number of halogens is 4. The SMILES string of the molecule is O=C1OC2(c3ccccc31)c1cc(Br)c(Br)c(O)c1Oc1c2cc(Br)c(Br)c1O. The molecule has 0 fully saturated rings. The van der Waals surface area contributed by atoms with Gasteiger partial charge in [-0.2, -0.15) is 0 Å². The van der Waals surface area contributed by atoms with Crippen LogP contribution in [0, 0.1) is 0 Å². The Morgan fingerprint density at radius 3 is 1.86 bits per heavy atom. The molecule has 9 heteroatoms. The van der Waals surface area contributed by atoms with E-state index in [9.17, 15) is 15.0 Å². The highest BCUT2D eigenvalue weighted by Gasteiger charge is 2.55. The summed E-state index contributed by atoms with van der Waals surface area (Å²) in [4.78, 5) is 12.8. The van der Waals surface area contributed by atoms with Crippen LogP contribution in [0.3, 0.4) is 0 Å². The first-order valence-corrected chi connectivity index (χ1v) is 11.4. The number of phenolic OH excluding ortho intramolecular Hbond substituents is 2. The van der Waals surface area contributed by atoms with Crippen molar-refractivity contribution in [3.63, 3.8) is 0 Å². The van der Waals surface area contributed by atoms with Crippen LogP contribution < -0.4 is 4.74 Å². The number of hydrogen-bond acceptors (Lipinski definition) is 5. The number of fused-ring (bicyclic) bond motifs is 6. The average molecular weight is 648 g/mol. The van der Waals surface area contributed by atoms with Crippen molar-refractivity contribution in [2.75, 3.05) is 0 Å². The molecule has 1 spiro atoms. The predicted octanol–water partition coefficient (Wildman–Crippen LogP) is 6.72. The first-order chi connectivity index (χ1) is 13.8. The van der Waals surface area contributed by atoms with Crippen LogP contribution in [0.5, 0.6) is 23.0 Å². The summed E-state index contributed by atoms with van der Waals surface area (Å²) >= 11 is 13.5. The number of benzene rings is 3. The van der Waals surface area contributed by atoms with Crippen molar-refractivity contribution < 1.29 is 24.5 Å². The quantitative estimate of drug-likeness (QED) is 0.265. The second-order valence-electron chi connectivity index (χ2n) is 6.51. The fraction of sp³-hybridized carbons (Fsp3) is 0.0500. The number of ether oxygens (including phenoxy) is 2. The molecule has 5 nitrogen and oxygen atoms in total. The van der Waals surface area contributed by atoms with Gasteiger partial charge in [0.05, 0.1) is 25.6 Å². The molecule has 0 aromatic heterocycles. The Kier molecular flexibility index (Phi) is 4.33. The first kappa shape index (κ1) is 19.4. The molecule has 2 heterocycles. The number of carbonyl (C=O) groups is 1. The summed E-state index contributed by atoms with van der Waals surface area (Å²) in [5.41, 5.74) is 0.466. The second kappa shape index (κ2) is 6.47. The lowest BCUT2D eigenvalue weighted by Gasteiger charge is -2.37. The van der Waals surface area contributed by atoms with Gasteiger partial charge in [0.2, 0.25) is 0 Å². The van der Waals surface area contributed by atoms with Crippen molar-refractivity contribution in [3.05, 3.63) is 76.5 Å². The molecule has 2 N–H and O–H groups in total. The third-order valence-electron chi connectivity index (χ3n) is 5.03. The number of carbonyl (C=O) groups excluding carboxylic acids is 1. The molecule has 0 bridgehead atoms. The van der Waals surface area contributed by atoms with E-state index >= 15 is 0 Å². The summed E-state index contributed by atoms with van der Waals surface area (Å²) < 4.78 is 13.8. The van der Waals surface area contributed by atoms with E-state index in [0.717, 1.165) is 0 Å². The smallest absolute Gasteiger partial charge is 0.340 e. The van der Waals surface area contributed by atoms with Gasteiger partial charge in [-0.1, -0.05) is 18.2 Å². The summed E-state index contributed by atoms with van der Waals surface area (Å²) in [6.45, 7) is 0. The maximum Gasteiger partial charge on any atom is 0.340 e. The van der Waals surface area contributed by atoms with Crippen molar-refractivity contribution in [2.45, 2.75) is 5.60 Å². The van der Waals surface area contributed by atoms with Gasteiger partial charge in [0, 0.05) is 14.5 Å². The minimum Gasteiger partial charge on any atom is -0.503 e. The Balaban J connectivity index is 1.99.